The minimum Gasteiger partial charge on any atom is -0.350 e. The molecule has 1 amide bonds. The third-order valence-corrected chi connectivity index (χ3v) is 2.84. The van der Waals surface area contributed by atoms with Gasteiger partial charge in [0, 0.05) is 6.04 Å². The summed E-state index contributed by atoms with van der Waals surface area (Å²) < 4.78 is 23.8. The molecule has 1 aliphatic rings. The van der Waals surface area contributed by atoms with Gasteiger partial charge in [0.25, 0.3) is 6.43 Å². The van der Waals surface area contributed by atoms with Crippen LogP contribution in [0.25, 0.3) is 0 Å². The van der Waals surface area contributed by atoms with E-state index < -0.39 is 13.0 Å². The van der Waals surface area contributed by atoms with Crippen molar-refractivity contribution < 1.29 is 13.6 Å². The molecule has 0 saturated heterocycles. The maximum atomic E-state index is 11.9. The minimum absolute atomic E-state index is 0.176. The van der Waals surface area contributed by atoms with Crippen molar-refractivity contribution in [3.8, 4) is 0 Å². The Balaban J connectivity index is 2.41. The highest BCUT2D eigenvalue weighted by molar-refractivity contribution is 5.79. The minimum atomic E-state index is -2.49. The Labute approximate surface area is 88.4 Å². The molecule has 0 aromatic carbocycles. The second-order valence-corrected chi connectivity index (χ2v) is 4.04. The van der Waals surface area contributed by atoms with Gasteiger partial charge in [-0.3, -0.25) is 4.79 Å². The Morgan fingerprint density at radius 1 is 1.33 bits per heavy atom. The number of hydrogen-bond acceptors (Lipinski definition) is 2. The van der Waals surface area contributed by atoms with Gasteiger partial charge in [-0.2, -0.15) is 0 Å². The molecule has 3 nitrogen and oxygen atoms in total. The smallest absolute Gasteiger partial charge is 0.255 e. The molecule has 0 aromatic rings. The second kappa shape index (κ2) is 6.00. The molecule has 15 heavy (non-hydrogen) atoms. The quantitative estimate of drug-likeness (QED) is 0.704. The first-order chi connectivity index (χ1) is 7.11. The molecule has 0 aliphatic heterocycles. The van der Waals surface area contributed by atoms with Gasteiger partial charge < -0.3 is 11.1 Å². The molecule has 2 atom stereocenters. The van der Waals surface area contributed by atoms with Crippen LogP contribution in [0.2, 0.25) is 0 Å². The number of alkyl halides is 2. The number of halogens is 2. The van der Waals surface area contributed by atoms with Gasteiger partial charge in [-0.15, -0.1) is 0 Å². The fourth-order valence-corrected chi connectivity index (χ4v) is 1.97. The lowest BCUT2D eigenvalue weighted by atomic mass is 9.95. The Hall–Kier alpha value is -0.710. The van der Waals surface area contributed by atoms with Gasteiger partial charge in [-0.1, -0.05) is 19.3 Å². The van der Waals surface area contributed by atoms with E-state index in [2.05, 4.69) is 5.32 Å². The first-order valence-electron chi connectivity index (χ1n) is 5.42. The maximum Gasteiger partial charge on any atom is 0.255 e. The van der Waals surface area contributed by atoms with Gasteiger partial charge in [-0.25, -0.2) is 8.78 Å². The summed E-state index contributed by atoms with van der Waals surface area (Å²) in [6.07, 6.45) is 2.10. The van der Waals surface area contributed by atoms with Crippen LogP contribution < -0.4 is 11.1 Å². The maximum absolute atomic E-state index is 11.9. The zero-order valence-corrected chi connectivity index (χ0v) is 8.72. The molecule has 0 heterocycles. The van der Waals surface area contributed by atoms with E-state index in [-0.39, 0.29) is 17.9 Å². The molecular formula is C10H18F2N2O. The molecule has 0 spiro atoms. The summed E-state index contributed by atoms with van der Waals surface area (Å²) in [5.74, 6) is -0.601. The van der Waals surface area contributed by atoms with E-state index >= 15 is 0 Å². The van der Waals surface area contributed by atoms with Gasteiger partial charge in [0.05, 0.1) is 12.5 Å². The van der Waals surface area contributed by atoms with Gasteiger partial charge >= 0.3 is 0 Å². The van der Waals surface area contributed by atoms with Crippen molar-refractivity contribution in [1.29, 1.82) is 0 Å². The lowest BCUT2D eigenvalue weighted by Gasteiger charge is -2.20. The number of nitrogens with two attached hydrogens (primary N) is 1. The Bertz CT molecular complexity index is 212. The predicted molar refractivity (Wildman–Crippen MR) is 53.6 cm³/mol. The zero-order valence-electron chi connectivity index (χ0n) is 8.72. The van der Waals surface area contributed by atoms with Crippen LogP contribution in [0.3, 0.4) is 0 Å². The highest BCUT2D eigenvalue weighted by Crippen LogP contribution is 2.22. The number of carbonyl (C=O) groups excluding carboxylic acids is 1. The summed E-state index contributed by atoms with van der Waals surface area (Å²) in [6, 6.07) is -0.176. The van der Waals surface area contributed by atoms with Gasteiger partial charge in [-0.05, 0) is 12.8 Å². The van der Waals surface area contributed by atoms with Crippen LogP contribution in [0.1, 0.15) is 32.1 Å². The number of rotatable bonds is 3. The molecule has 0 bridgehead atoms. The van der Waals surface area contributed by atoms with Crippen LogP contribution >= 0.6 is 0 Å². The topological polar surface area (TPSA) is 55.1 Å². The van der Waals surface area contributed by atoms with E-state index in [9.17, 15) is 13.6 Å². The van der Waals surface area contributed by atoms with Crippen molar-refractivity contribution in [2.24, 2.45) is 11.7 Å². The summed E-state index contributed by atoms with van der Waals surface area (Å²) in [7, 11) is 0. The van der Waals surface area contributed by atoms with Crippen LogP contribution in [0.5, 0.6) is 0 Å². The monoisotopic (exact) mass is 220 g/mol. The van der Waals surface area contributed by atoms with E-state index in [1.807, 2.05) is 0 Å². The van der Waals surface area contributed by atoms with E-state index in [0.29, 0.717) is 0 Å². The standard InChI is InChI=1S/C10H18F2N2O/c11-9(12)6-14-10(15)7-4-2-1-3-5-8(7)13/h7-9H,1-6,13H2,(H,14,15). The number of carbonyl (C=O) groups is 1. The van der Waals surface area contributed by atoms with Crippen molar-refractivity contribution in [3.05, 3.63) is 0 Å². The van der Waals surface area contributed by atoms with Crippen LogP contribution in [0.4, 0.5) is 8.78 Å². The summed E-state index contributed by atoms with van der Waals surface area (Å²) in [4.78, 5) is 11.5. The first kappa shape index (κ1) is 12.4. The summed E-state index contributed by atoms with van der Waals surface area (Å²) >= 11 is 0. The molecule has 3 N–H and O–H groups in total. The predicted octanol–water partition coefficient (Wildman–Crippen LogP) is 1.28. The summed E-state index contributed by atoms with van der Waals surface area (Å²) in [5.41, 5.74) is 5.84. The van der Waals surface area contributed by atoms with Crippen molar-refractivity contribution in [2.45, 2.75) is 44.6 Å². The molecule has 5 heteroatoms. The molecule has 0 aromatic heterocycles. The third-order valence-electron chi connectivity index (χ3n) is 2.84. The van der Waals surface area contributed by atoms with Crippen molar-refractivity contribution in [2.75, 3.05) is 6.54 Å². The van der Waals surface area contributed by atoms with Crippen LogP contribution in [0, 0.1) is 5.92 Å². The number of nitrogens with one attached hydrogen (secondary N) is 1. The number of amides is 1. The van der Waals surface area contributed by atoms with Crippen molar-refractivity contribution in [1.82, 2.24) is 5.32 Å². The Kier molecular flexibility index (Phi) is 4.94. The normalized spacial score (nSPS) is 27.5. The van der Waals surface area contributed by atoms with Crippen molar-refractivity contribution >= 4 is 5.91 Å². The van der Waals surface area contributed by atoms with E-state index in [4.69, 9.17) is 5.73 Å². The van der Waals surface area contributed by atoms with Gasteiger partial charge in [0.2, 0.25) is 5.91 Å². The van der Waals surface area contributed by atoms with E-state index in [1.165, 1.54) is 0 Å². The van der Waals surface area contributed by atoms with E-state index in [0.717, 1.165) is 32.1 Å². The molecule has 1 rings (SSSR count). The Morgan fingerprint density at radius 3 is 2.67 bits per heavy atom. The molecule has 1 fully saturated rings. The van der Waals surface area contributed by atoms with E-state index in [1.54, 1.807) is 0 Å². The zero-order chi connectivity index (χ0) is 11.3. The molecule has 2 unspecified atom stereocenters. The molecule has 1 saturated carbocycles. The Morgan fingerprint density at radius 2 is 2.00 bits per heavy atom. The molecule has 1 aliphatic carbocycles. The molecule has 88 valence electrons. The largest absolute Gasteiger partial charge is 0.350 e. The average Bonchev–Trinajstić information content (AvgIpc) is 2.39. The molecular weight excluding hydrogens is 202 g/mol. The number of hydrogen-bond donors (Lipinski definition) is 2. The van der Waals surface area contributed by atoms with Crippen LogP contribution in [-0.4, -0.2) is 24.9 Å². The van der Waals surface area contributed by atoms with Crippen LogP contribution in [-0.2, 0) is 4.79 Å². The first-order valence-corrected chi connectivity index (χ1v) is 5.42. The SMILES string of the molecule is NC1CCCCCC1C(=O)NCC(F)F. The average molecular weight is 220 g/mol. The second-order valence-electron chi connectivity index (χ2n) is 4.04. The summed E-state index contributed by atoms with van der Waals surface area (Å²) in [5, 5.41) is 2.24. The highest BCUT2D eigenvalue weighted by atomic mass is 19.3. The van der Waals surface area contributed by atoms with Gasteiger partial charge in [0.15, 0.2) is 0 Å². The lowest BCUT2D eigenvalue weighted by molar-refractivity contribution is -0.126. The van der Waals surface area contributed by atoms with Crippen molar-refractivity contribution in [3.63, 3.8) is 0 Å². The van der Waals surface area contributed by atoms with Crippen LogP contribution in [0.15, 0.2) is 0 Å². The summed E-state index contributed by atoms with van der Waals surface area (Å²) in [6.45, 7) is -0.567. The highest BCUT2D eigenvalue weighted by Gasteiger charge is 2.27. The third kappa shape index (κ3) is 4.11. The lowest BCUT2D eigenvalue weighted by Crippen LogP contribution is -2.42. The molecule has 0 radical (unpaired) electrons. The van der Waals surface area contributed by atoms with Gasteiger partial charge in [0.1, 0.15) is 0 Å². The fraction of sp³-hybridized carbons (Fsp3) is 0.900. The fourth-order valence-electron chi connectivity index (χ4n) is 1.97.